The molecule has 114 valence electrons. The molecular weight excluding hydrogens is 288 g/mol. The van der Waals surface area contributed by atoms with Crippen LogP contribution in [-0.2, 0) is 9.59 Å². The molecule has 0 fully saturated rings. The topological polar surface area (TPSA) is 101 Å². The quantitative estimate of drug-likeness (QED) is 0.509. The first-order valence-corrected chi connectivity index (χ1v) is 6.48. The van der Waals surface area contributed by atoms with Gasteiger partial charge < -0.3 is 10.0 Å². The van der Waals surface area contributed by atoms with E-state index in [9.17, 15) is 24.8 Å². The third-order valence-corrected chi connectivity index (χ3v) is 3.43. The zero-order chi connectivity index (χ0) is 16.4. The lowest BCUT2D eigenvalue weighted by Gasteiger charge is -2.25. The summed E-state index contributed by atoms with van der Waals surface area (Å²) in [6, 6.07) is 4.74. The highest BCUT2D eigenvalue weighted by Crippen LogP contribution is 2.37. The molecule has 1 heterocycles. The summed E-state index contributed by atoms with van der Waals surface area (Å²) in [6.45, 7) is 4.95. The number of carbonyl (C=O) groups excluding carboxylic acids is 2. The highest BCUT2D eigenvalue weighted by molar-refractivity contribution is 6.08. The standard InChI is InChI=1S/C15H14N2O5/c1-3-8-16-13(12(9(2)18)14(19)15(16)20)10-4-6-11(7-5-10)17(21)22/h3-7,13,19H,1,8H2,2H3/t13-/m1/s1. The summed E-state index contributed by atoms with van der Waals surface area (Å²) in [5.41, 5.74) is 0.400. The number of nitro benzene ring substituents is 1. The number of rotatable bonds is 5. The van der Waals surface area contributed by atoms with E-state index in [0.717, 1.165) is 0 Å². The highest BCUT2D eigenvalue weighted by Gasteiger charge is 2.41. The number of nitrogens with zero attached hydrogens (tertiary/aromatic N) is 2. The van der Waals surface area contributed by atoms with Crippen molar-refractivity contribution in [2.24, 2.45) is 0 Å². The van der Waals surface area contributed by atoms with Gasteiger partial charge in [-0.3, -0.25) is 19.7 Å². The minimum Gasteiger partial charge on any atom is -0.503 e. The van der Waals surface area contributed by atoms with Crippen molar-refractivity contribution in [3.05, 3.63) is 63.9 Å². The maximum absolute atomic E-state index is 12.1. The van der Waals surface area contributed by atoms with E-state index >= 15 is 0 Å². The van der Waals surface area contributed by atoms with Gasteiger partial charge in [0.05, 0.1) is 16.5 Å². The monoisotopic (exact) mass is 302 g/mol. The van der Waals surface area contributed by atoms with E-state index in [0.29, 0.717) is 5.56 Å². The Hall–Kier alpha value is -2.96. The maximum atomic E-state index is 12.1. The molecule has 1 aliphatic rings. The van der Waals surface area contributed by atoms with E-state index in [1.807, 2.05) is 0 Å². The van der Waals surface area contributed by atoms with Gasteiger partial charge in [-0.15, -0.1) is 6.58 Å². The van der Waals surface area contributed by atoms with Crippen LogP contribution < -0.4 is 0 Å². The van der Waals surface area contributed by atoms with Gasteiger partial charge in [-0.2, -0.15) is 0 Å². The molecule has 0 saturated carbocycles. The predicted molar refractivity (Wildman–Crippen MR) is 78.1 cm³/mol. The third-order valence-electron chi connectivity index (χ3n) is 3.43. The minimum atomic E-state index is -0.774. The highest BCUT2D eigenvalue weighted by atomic mass is 16.6. The molecule has 2 rings (SSSR count). The molecule has 1 amide bonds. The van der Waals surface area contributed by atoms with Crippen LogP contribution in [0.2, 0.25) is 0 Å². The summed E-state index contributed by atoms with van der Waals surface area (Å²) in [6.07, 6.45) is 1.48. The zero-order valence-electron chi connectivity index (χ0n) is 11.9. The lowest BCUT2D eigenvalue weighted by Crippen LogP contribution is -2.31. The molecular formula is C15H14N2O5. The van der Waals surface area contributed by atoms with Crippen LogP contribution in [0.4, 0.5) is 5.69 Å². The number of amides is 1. The summed E-state index contributed by atoms with van der Waals surface area (Å²) in [5, 5.41) is 20.6. The molecule has 0 unspecified atom stereocenters. The van der Waals surface area contributed by atoms with Gasteiger partial charge in [0.25, 0.3) is 11.6 Å². The first-order valence-electron chi connectivity index (χ1n) is 6.48. The number of non-ortho nitro benzene ring substituents is 1. The van der Waals surface area contributed by atoms with E-state index in [2.05, 4.69) is 6.58 Å². The maximum Gasteiger partial charge on any atom is 0.290 e. The largest absolute Gasteiger partial charge is 0.503 e. The Kier molecular flexibility index (Phi) is 4.07. The van der Waals surface area contributed by atoms with Crippen LogP contribution in [0.25, 0.3) is 0 Å². The average Bonchev–Trinajstić information content (AvgIpc) is 2.72. The van der Waals surface area contributed by atoms with Gasteiger partial charge in [0.15, 0.2) is 11.5 Å². The molecule has 1 atom stereocenters. The van der Waals surface area contributed by atoms with Crippen LogP contribution in [0.15, 0.2) is 48.3 Å². The van der Waals surface area contributed by atoms with Crippen LogP contribution in [-0.4, -0.2) is 33.2 Å². The number of hydrogen-bond acceptors (Lipinski definition) is 5. The molecule has 0 saturated heterocycles. The number of ketones is 1. The number of hydrogen-bond donors (Lipinski definition) is 1. The molecule has 1 N–H and O–H groups in total. The molecule has 0 radical (unpaired) electrons. The Morgan fingerprint density at radius 1 is 1.45 bits per heavy atom. The normalized spacial score (nSPS) is 17.8. The average molecular weight is 302 g/mol. The molecule has 0 spiro atoms. The number of aliphatic hydroxyl groups excluding tert-OH is 1. The SMILES string of the molecule is C=CCN1C(=O)C(O)=C(C(C)=O)[C@H]1c1ccc([N+](=O)[O-])cc1. The smallest absolute Gasteiger partial charge is 0.290 e. The lowest BCUT2D eigenvalue weighted by atomic mass is 9.96. The number of aliphatic hydroxyl groups is 1. The predicted octanol–water partition coefficient (Wildman–Crippen LogP) is 2.07. The second kappa shape index (κ2) is 5.80. The fourth-order valence-corrected chi connectivity index (χ4v) is 2.47. The Labute approximate surface area is 126 Å². The summed E-state index contributed by atoms with van der Waals surface area (Å²) >= 11 is 0. The Bertz CT molecular complexity index is 690. The zero-order valence-corrected chi connectivity index (χ0v) is 11.9. The van der Waals surface area contributed by atoms with Crippen molar-refractivity contribution in [1.82, 2.24) is 4.90 Å². The van der Waals surface area contributed by atoms with Crippen molar-refractivity contribution < 1.29 is 19.6 Å². The summed E-state index contributed by atoms with van der Waals surface area (Å²) in [5.74, 6) is -1.67. The van der Waals surface area contributed by atoms with Gasteiger partial charge in [0, 0.05) is 18.7 Å². The van der Waals surface area contributed by atoms with Crippen molar-refractivity contribution >= 4 is 17.4 Å². The van der Waals surface area contributed by atoms with E-state index < -0.39 is 28.4 Å². The molecule has 7 heteroatoms. The first-order chi connectivity index (χ1) is 10.4. The minimum absolute atomic E-state index is 0.0132. The van der Waals surface area contributed by atoms with Gasteiger partial charge in [0.1, 0.15) is 0 Å². The first kappa shape index (κ1) is 15.4. The molecule has 7 nitrogen and oxygen atoms in total. The van der Waals surface area contributed by atoms with Gasteiger partial charge in [-0.25, -0.2) is 0 Å². The van der Waals surface area contributed by atoms with Crippen molar-refractivity contribution in [3.8, 4) is 0 Å². The van der Waals surface area contributed by atoms with Crippen LogP contribution >= 0.6 is 0 Å². The van der Waals surface area contributed by atoms with E-state index in [4.69, 9.17) is 0 Å². The Morgan fingerprint density at radius 2 is 2.05 bits per heavy atom. The number of Topliss-reactive ketones (excluding diaryl/α,β-unsaturated/α-hetero) is 1. The van der Waals surface area contributed by atoms with Crippen LogP contribution in [0.1, 0.15) is 18.5 Å². The van der Waals surface area contributed by atoms with E-state index in [1.54, 1.807) is 0 Å². The van der Waals surface area contributed by atoms with Gasteiger partial charge in [-0.05, 0) is 24.6 Å². The molecule has 1 aromatic carbocycles. The van der Waals surface area contributed by atoms with Gasteiger partial charge in [-0.1, -0.05) is 6.08 Å². The van der Waals surface area contributed by atoms with Crippen LogP contribution in [0.3, 0.4) is 0 Å². The van der Waals surface area contributed by atoms with Crippen LogP contribution in [0, 0.1) is 10.1 Å². The van der Waals surface area contributed by atoms with Gasteiger partial charge >= 0.3 is 0 Å². The van der Waals surface area contributed by atoms with Crippen molar-refractivity contribution in [3.63, 3.8) is 0 Å². The summed E-state index contributed by atoms with van der Waals surface area (Å²) < 4.78 is 0. The van der Waals surface area contributed by atoms with Crippen molar-refractivity contribution in [1.29, 1.82) is 0 Å². The molecule has 1 aliphatic heterocycles. The molecule has 0 aromatic heterocycles. The Morgan fingerprint density at radius 3 is 2.50 bits per heavy atom. The Balaban J connectivity index is 2.51. The second-order valence-corrected chi connectivity index (χ2v) is 4.82. The summed E-state index contributed by atoms with van der Waals surface area (Å²) in [7, 11) is 0. The summed E-state index contributed by atoms with van der Waals surface area (Å²) in [4.78, 5) is 35.3. The lowest BCUT2D eigenvalue weighted by molar-refractivity contribution is -0.384. The van der Waals surface area contributed by atoms with Crippen molar-refractivity contribution in [2.45, 2.75) is 13.0 Å². The third kappa shape index (κ3) is 2.48. The second-order valence-electron chi connectivity index (χ2n) is 4.82. The van der Waals surface area contributed by atoms with E-state index in [-0.39, 0.29) is 17.8 Å². The molecule has 0 bridgehead atoms. The number of benzene rings is 1. The van der Waals surface area contributed by atoms with Crippen molar-refractivity contribution in [2.75, 3.05) is 6.54 Å². The molecule has 1 aromatic rings. The number of nitro groups is 1. The molecule has 0 aliphatic carbocycles. The van der Waals surface area contributed by atoms with Crippen LogP contribution in [0.5, 0.6) is 0 Å². The van der Waals surface area contributed by atoms with E-state index in [1.165, 1.54) is 42.2 Å². The fraction of sp³-hybridized carbons (Fsp3) is 0.200. The fourth-order valence-electron chi connectivity index (χ4n) is 2.47. The van der Waals surface area contributed by atoms with Gasteiger partial charge in [0.2, 0.25) is 0 Å². The number of carbonyl (C=O) groups is 2. The molecule has 22 heavy (non-hydrogen) atoms.